The van der Waals surface area contributed by atoms with Crippen LogP contribution in [0.2, 0.25) is 0 Å². The first-order chi connectivity index (χ1) is 8.93. The monoisotopic (exact) mass is 362 g/mol. The molecule has 7 heteroatoms. The summed E-state index contributed by atoms with van der Waals surface area (Å²) in [6.45, 7) is 0.891. The SMILES string of the molecule is NC(=S)C1CCCN(S(=O)(=O)c2ccccc2Br)C1. The predicted octanol–water partition coefficient (Wildman–Crippen LogP) is 2.14. The molecule has 1 atom stereocenters. The summed E-state index contributed by atoms with van der Waals surface area (Å²) in [5.74, 6) is -0.0268. The molecule has 1 aliphatic heterocycles. The van der Waals surface area contributed by atoms with Crippen LogP contribution < -0.4 is 5.73 Å². The van der Waals surface area contributed by atoms with Gasteiger partial charge in [-0.2, -0.15) is 4.31 Å². The average Bonchev–Trinajstić information content (AvgIpc) is 2.39. The van der Waals surface area contributed by atoms with Crippen molar-refractivity contribution in [1.29, 1.82) is 0 Å². The lowest BCUT2D eigenvalue weighted by Crippen LogP contribution is -2.43. The molecule has 0 aliphatic carbocycles. The lowest BCUT2D eigenvalue weighted by atomic mass is 10.0. The number of rotatable bonds is 3. The molecule has 19 heavy (non-hydrogen) atoms. The molecule has 0 radical (unpaired) electrons. The fourth-order valence-electron chi connectivity index (χ4n) is 2.19. The summed E-state index contributed by atoms with van der Waals surface area (Å²) in [4.78, 5) is 0.686. The van der Waals surface area contributed by atoms with E-state index in [9.17, 15) is 8.42 Å². The van der Waals surface area contributed by atoms with E-state index in [0.29, 0.717) is 27.4 Å². The smallest absolute Gasteiger partial charge is 0.244 e. The molecule has 0 saturated carbocycles. The van der Waals surface area contributed by atoms with Gasteiger partial charge in [-0.1, -0.05) is 24.4 Å². The highest BCUT2D eigenvalue weighted by atomic mass is 79.9. The number of hydrogen-bond donors (Lipinski definition) is 1. The number of nitrogens with zero attached hydrogens (tertiary/aromatic N) is 1. The highest BCUT2D eigenvalue weighted by Gasteiger charge is 2.32. The van der Waals surface area contributed by atoms with Gasteiger partial charge in [0.2, 0.25) is 10.0 Å². The minimum atomic E-state index is -3.49. The molecule has 0 bridgehead atoms. The Kier molecular flexibility index (Phi) is 4.60. The number of nitrogens with two attached hydrogens (primary N) is 1. The van der Waals surface area contributed by atoms with Crippen LogP contribution in [-0.4, -0.2) is 30.8 Å². The zero-order valence-electron chi connectivity index (χ0n) is 10.3. The molecule has 1 heterocycles. The van der Waals surface area contributed by atoms with E-state index in [1.54, 1.807) is 24.3 Å². The molecule has 0 spiro atoms. The largest absolute Gasteiger partial charge is 0.393 e. The summed E-state index contributed by atoms with van der Waals surface area (Å²) in [6.07, 6.45) is 1.64. The van der Waals surface area contributed by atoms with Gasteiger partial charge in [-0.15, -0.1) is 0 Å². The molecule has 1 fully saturated rings. The fourth-order valence-corrected chi connectivity index (χ4v) is 4.87. The van der Waals surface area contributed by atoms with Crippen molar-refractivity contribution in [3.8, 4) is 0 Å². The third kappa shape index (κ3) is 3.16. The van der Waals surface area contributed by atoms with E-state index in [4.69, 9.17) is 18.0 Å². The quantitative estimate of drug-likeness (QED) is 0.836. The minimum absolute atomic E-state index is 0.0268. The Hall–Kier alpha value is -0.500. The molecule has 0 aromatic heterocycles. The highest BCUT2D eigenvalue weighted by molar-refractivity contribution is 9.10. The van der Waals surface area contributed by atoms with E-state index in [1.807, 2.05) is 0 Å². The van der Waals surface area contributed by atoms with E-state index >= 15 is 0 Å². The first-order valence-electron chi connectivity index (χ1n) is 5.97. The maximum atomic E-state index is 12.6. The first kappa shape index (κ1) is 14.9. The molecule has 1 aromatic rings. The van der Waals surface area contributed by atoms with Gasteiger partial charge in [0.25, 0.3) is 0 Å². The molecule has 1 saturated heterocycles. The van der Waals surface area contributed by atoms with Crippen LogP contribution in [0.3, 0.4) is 0 Å². The Morgan fingerprint density at radius 1 is 1.42 bits per heavy atom. The van der Waals surface area contributed by atoms with E-state index < -0.39 is 10.0 Å². The van der Waals surface area contributed by atoms with Gasteiger partial charge in [0.15, 0.2) is 0 Å². The number of halogens is 1. The van der Waals surface area contributed by atoms with Crippen molar-refractivity contribution in [2.45, 2.75) is 17.7 Å². The van der Waals surface area contributed by atoms with Crippen molar-refractivity contribution in [3.05, 3.63) is 28.7 Å². The van der Waals surface area contributed by atoms with Gasteiger partial charge in [-0.05, 0) is 40.9 Å². The van der Waals surface area contributed by atoms with Gasteiger partial charge in [0.1, 0.15) is 0 Å². The van der Waals surface area contributed by atoms with Crippen molar-refractivity contribution in [2.75, 3.05) is 13.1 Å². The van der Waals surface area contributed by atoms with Crippen LogP contribution in [0, 0.1) is 5.92 Å². The van der Waals surface area contributed by atoms with Crippen molar-refractivity contribution < 1.29 is 8.42 Å². The number of hydrogen-bond acceptors (Lipinski definition) is 3. The second-order valence-electron chi connectivity index (χ2n) is 4.53. The molecule has 1 unspecified atom stereocenters. The topological polar surface area (TPSA) is 63.4 Å². The van der Waals surface area contributed by atoms with Crippen molar-refractivity contribution in [3.63, 3.8) is 0 Å². The lowest BCUT2D eigenvalue weighted by molar-refractivity contribution is 0.312. The van der Waals surface area contributed by atoms with E-state index in [2.05, 4.69) is 15.9 Å². The molecule has 104 valence electrons. The van der Waals surface area contributed by atoms with Crippen LogP contribution >= 0.6 is 28.1 Å². The molecule has 0 amide bonds. The molecular formula is C12H15BrN2O2S2. The summed E-state index contributed by atoms with van der Waals surface area (Å²) in [5.41, 5.74) is 5.64. The van der Waals surface area contributed by atoms with Crippen LogP contribution in [0.15, 0.2) is 33.6 Å². The van der Waals surface area contributed by atoms with Crippen LogP contribution in [0.4, 0.5) is 0 Å². The molecule has 1 aromatic carbocycles. The van der Waals surface area contributed by atoms with E-state index in [-0.39, 0.29) is 5.92 Å². The molecule has 1 aliphatic rings. The Balaban J connectivity index is 2.30. The molecule has 2 rings (SSSR count). The predicted molar refractivity (Wildman–Crippen MR) is 82.4 cm³/mol. The van der Waals surface area contributed by atoms with Crippen molar-refractivity contribution >= 4 is 43.2 Å². The summed E-state index contributed by atoms with van der Waals surface area (Å²) >= 11 is 8.27. The Morgan fingerprint density at radius 3 is 2.74 bits per heavy atom. The normalized spacial score (nSPS) is 21.2. The first-order valence-corrected chi connectivity index (χ1v) is 8.61. The minimum Gasteiger partial charge on any atom is -0.393 e. The van der Waals surface area contributed by atoms with Gasteiger partial charge in [-0.3, -0.25) is 0 Å². The zero-order valence-corrected chi connectivity index (χ0v) is 13.5. The summed E-state index contributed by atoms with van der Waals surface area (Å²) in [7, 11) is -3.49. The van der Waals surface area contributed by atoms with Crippen molar-refractivity contribution in [1.82, 2.24) is 4.31 Å². The van der Waals surface area contributed by atoms with Gasteiger partial charge in [0.05, 0.1) is 9.88 Å². The Morgan fingerprint density at radius 2 is 2.11 bits per heavy atom. The number of thiocarbonyl (C=S) groups is 1. The number of sulfonamides is 1. The molecule has 2 N–H and O–H groups in total. The van der Waals surface area contributed by atoms with Crippen LogP contribution in [0.1, 0.15) is 12.8 Å². The van der Waals surface area contributed by atoms with Crippen LogP contribution in [-0.2, 0) is 10.0 Å². The van der Waals surface area contributed by atoms with E-state index in [1.165, 1.54) is 4.31 Å². The number of piperidine rings is 1. The van der Waals surface area contributed by atoms with Crippen LogP contribution in [0.5, 0.6) is 0 Å². The second-order valence-corrected chi connectivity index (χ2v) is 7.77. The molecular weight excluding hydrogens is 348 g/mol. The van der Waals surface area contributed by atoms with Gasteiger partial charge in [-0.25, -0.2) is 8.42 Å². The van der Waals surface area contributed by atoms with Gasteiger partial charge < -0.3 is 5.73 Å². The summed E-state index contributed by atoms with van der Waals surface area (Å²) in [5, 5.41) is 0. The standard InChI is InChI=1S/C12H15BrN2O2S2/c13-10-5-1-2-6-11(10)19(16,17)15-7-3-4-9(8-15)12(14)18/h1-2,5-6,9H,3-4,7-8H2,(H2,14,18). The third-order valence-electron chi connectivity index (χ3n) is 3.24. The zero-order chi connectivity index (χ0) is 14.0. The van der Waals surface area contributed by atoms with Gasteiger partial charge in [0, 0.05) is 23.5 Å². The van der Waals surface area contributed by atoms with Gasteiger partial charge >= 0.3 is 0 Å². The Labute approximate surface area is 127 Å². The Bertz CT molecular complexity index is 589. The maximum absolute atomic E-state index is 12.6. The second kappa shape index (κ2) is 5.87. The summed E-state index contributed by atoms with van der Waals surface area (Å²) in [6, 6.07) is 6.83. The number of benzene rings is 1. The van der Waals surface area contributed by atoms with E-state index in [0.717, 1.165) is 12.8 Å². The summed E-state index contributed by atoms with van der Waals surface area (Å²) < 4.78 is 27.2. The molecule has 4 nitrogen and oxygen atoms in total. The van der Waals surface area contributed by atoms with Crippen LogP contribution in [0.25, 0.3) is 0 Å². The highest BCUT2D eigenvalue weighted by Crippen LogP contribution is 2.28. The maximum Gasteiger partial charge on any atom is 0.244 e. The lowest BCUT2D eigenvalue weighted by Gasteiger charge is -2.31. The third-order valence-corrected chi connectivity index (χ3v) is 6.45. The van der Waals surface area contributed by atoms with Crippen molar-refractivity contribution in [2.24, 2.45) is 11.7 Å². The fraction of sp³-hybridized carbons (Fsp3) is 0.417. The average molecular weight is 363 g/mol.